The van der Waals surface area contributed by atoms with Crippen molar-refractivity contribution in [2.45, 2.75) is 6.92 Å². The van der Waals surface area contributed by atoms with Crippen LogP contribution in [0.1, 0.15) is 6.92 Å². The molecule has 1 saturated heterocycles. The van der Waals surface area contributed by atoms with E-state index >= 15 is 0 Å². The monoisotopic (exact) mass is 292 g/mol. The molecule has 0 atom stereocenters. The summed E-state index contributed by atoms with van der Waals surface area (Å²) in [5.74, 6) is 0. The molecule has 0 spiro atoms. The van der Waals surface area contributed by atoms with Crippen molar-refractivity contribution >= 4 is 64.3 Å². The van der Waals surface area contributed by atoms with Crippen molar-refractivity contribution in [1.29, 1.82) is 0 Å². The molecule has 1 aliphatic rings. The van der Waals surface area contributed by atoms with Gasteiger partial charge in [-0.2, -0.15) is 0 Å². The Kier molecular flexibility index (Phi) is 21.6. The van der Waals surface area contributed by atoms with Crippen molar-refractivity contribution < 1.29 is 10.2 Å². The van der Waals surface area contributed by atoms with Crippen molar-refractivity contribution in [2.24, 2.45) is 11.5 Å². The summed E-state index contributed by atoms with van der Waals surface area (Å²) >= 11 is 7.74. The van der Waals surface area contributed by atoms with E-state index in [9.17, 15) is 0 Å². The molecule has 1 rings (SSSR count). The van der Waals surface area contributed by atoms with Crippen LogP contribution < -0.4 is 16.8 Å². The Hall–Kier alpha value is 0.300. The van der Waals surface area contributed by atoms with Gasteiger partial charge in [-0.05, 0) is 31.0 Å². The van der Waals surface area contributed by atoms with Gasteiger partial charge in [-0.3, -0.25) is 0 Å². The van der Waals surface area contributed by atoms with E-state index in [1.54, 1.807) is 0 Å². The maximum absolute atomic E-state index is 7.56. The molecule has 7 N–H and O–H groups in total. The van der Waals surface area contributed by atoms with Crippen LogP contribution >= 0.6 is 24.4 Å². The van der Waals surface area contributed by atoms with Crippen LogP contribution in [0.15, 0.2) is 0 Å². The van der Waals surface area contributed by atoms with Gasteiger partial charge in [0.25, 0.3) is 10.3 Å². The van der Waals surface area contributed by atoms with Crippen molar-refractivity contribution in [1.82, 2.24) is 10.2 Å². The quantitative estimate of drug-likeness (QED) is 0.304. The van der Waals surface area contributed by atoms with E-state index in [1.807, 2.05) is 0 Å². The van der Waals surface area contributed by atoms with Gasteiger partial charge in [-0.1, -0.05) is 6.92 Å². The van der Waals surface area contributed by atoms with Gasteiger partial charge in [0.1, 0.15) is 0 Å². The van der Waals surface area contributed by atoms with Crippen molar-refractivity contribution in [3.63, 3.8) is 0 Å². The Labute approximate surface area is 135 Å². The van der Waals surface area contributed by atoms with E-state index in [0.29, 0.717) is 0 Å². The first-order valence-electron chi connectivity index (χ1n) is 4.80. The van der Waals surface area contributed by atoms with E-state index in [-0.39, 0.29) is 29.6 Å². The average Bonchev–Trinajstić information content (AvgIpc) is 2.17. The number of hydrogen-bond acceptors (Lipinski definition) is 4. The summed E-state index contributed by atoms with van der Waals surface area (Å²) in [4.78, 5) is 2.45. The molecular weight excluding hydrogens is 271 g/mol. The van der Waals surface area contributed by atoms with E-state index in [4.69, 9.17) is 10.2 Å². The third-order valence-electron chi connectivity index (χ3n) is 1.66. The number of nitrogens with two attached hydrogens (primary N) is 2. The molecule has 0 aromatic heterocycles. The Bertz CT molecular complexity index is 184. The van der Waals surface area contributed by atoms with E-state index in [1.165, 1.54) is 32.7 Å². The topological polar surface area (TPSA) is 108 Å². The summed E-state index contributed by atoms with van der Waals surface area (Å²) in [6.07, 6.45) is 0. The fourth-order valence-corrected chi connectivity index (χ4v) is 1.03. The number of nitrogens with one attached hydrogen (secondary N) is 1. The summed E-state index contributed by atoms with van der Waals surface area (Å²) < 4.78 is 0. The first-order valence-corrected chi connectivity index (χ1v) is 5.61. The van der Waals surface area contributed by atoms with Gasteiger partial charge >= 0.3 is 29.6 Å². The Balaban J connectivity index is -0.000000189. The molecule has 6 nitrogen and oxygen atoms in total. The second kappa shape index (κ2) is 16.3. The van der Waals surface area contributed by atoms with Crippen LogP contribution in [0.4, 0.5) is 0 Å². The van der Waals surface area contributed by atoms with Crippen LogP contribution in [0, 0.1) is 0 Å². The second-order valence-electron chi connectivity index (χ2n) is 2.86. The Morgan fingerprint density at radius 1 is 1.18 bits per heavy atom. The summed E-state index contributed by atoms with van der Waals surface area (Å²) in [5, 5.41) is 17.4. The molecule has 0 amide bonds. The molecule has 0 aromatic carbocycles. The first-order chi connectivity index (χ1) is 7.40. The molecule has 0 saturated carbocycles. The minimum absolute atomic E-state index is 0. The molecule has 17 heavy (non-hydrogen) atoms. The zero-order valence-corrected chi connectivity index (χ0v) is 11.0. The SMILES string of the molecule is CCN1CCNCC1.NC(O)=S.NC(O)=S.[NaH]. The number of aliphatic hydroxyl groups is 2. The molecule has 0 aliphatic carbocycles. The van der Waals surface area contributed by atoms with Crippen LogP contribution in [0.25, 0.3) is 0 Å². The van der Waals surface area contributed by atoms with Gasteiger partial charge in [0.15, 0.2) is 0 Å². The van der Waals surface area contributed by atoms with Gasteiger partial charge in [-0.25, -0.2) is 0 Å². The van der Waals surface area contributed by atoms with E-state index in [0.717, 1.165) is 0 Å². The van der Waals surface area contributed by atoms with Gasteiger partial charge in [0, 0.05) is 26.2 Å². The third-order valence-corrected chi connectivity index (χ3v) is 1.66. The van der Waals surface area contributed by atoms with Gasteiger partial charge < -0.3 is 31.9 Å². The summed E-state index contributed by atoms with van der Waals surface area (Å²) in [6, 6.07) is 0. The van der Waals surface area contributed by atoms with Crippen LogP contribution in [-0.4, -0.2) is 87.7 Å². The fraction of sp³-hybridized carbons (Fsp3) is 0.750. The number of hydrogen-bond donors (Lipinski definition) is 5. The minimum atomic E-state index is -0.500. The Morgan fingerprint density at radius 3 is 1.65 bits per heavy atom. The van der Waals surface area contributed by atoms with Crippen molar-refractivity contribution in [3.8, 4) is 0 Å². The number of piperazine rings is 1. The fourth-order valence-electron chi connectivity index (χ4n) is 1.03. The first kappa shape index (κ1) is 22.5. The average molecular weight is 292 g/mol. The number of likely N-dealkylation sites (N-methyl/N-ethyl adjacent to an activating group) is 1. The molecular formula is C8H21N4NaO2S2. The zero-order valence-electron chi connectivity index (χ0n) is 9.35. The summed E-state index contributed by atoms with van der Waals surface area (Å²) in [5.41, 5.74) is 8.80. The van der Waals surface area contributed by atoms with E-state index < -0.39 is 10.3 Å². The van der Waals surface area contributed by atoms with Crippen LogP contribution in [0.2, 0.25) is 0 Å². The molecule has 0 aromatic rings. The predicted molar refractivity (Wildman–Crippen MR) is 81.0 cm³/mol. The molecule has 1 heterocycles. The predicted octanol–water partition coefficient (Wildman–Crippen LogP) is -1.16. The van der Waals surface area contributed by atoms with Gasteiger partial charge in [0.2, 0.25) is 0 Å². The second-order valence-corrected chi connectivity index (χ2v) is 3.70. The maximum atomic E-state index is 7.56. The Morgan fingerprint density at radius 2 is 1.47 bits per heavy atom. The third kappa shape index (κ3) is 31.4. The van der Waals surface area contributed by atoms with Crippen molar-refractivity contribution in [3.05, 3.63) is 0 Å². The molecule has 1 fully saturated rings. The number of thiocarbonyl (C=S) groups is 2. The van der Waals surface area contributed by atoms with Crippen LogP contribution in [-0.2, 0) is 0 Å². The molecule has 0 unspecified atom stereocenters. The van der Waals surface area contributed by atoms with Crippen LogP contribution in [0.3, 0.4) is 0 Å². The molecule has 0 radical (unpaired) electrons. The normalized spacial score (nSPS) is 13.9. The number of nitrogens with zero attached hydrogens (tertiary/aromatic N) is 1. The molecule has 98 valence electrons. The number of rotatable bonds is 1. The molecule has 9 heteroatoms. The van der Waals surface area contributed by atoms with Gasteiger partial charge in [-0.15, -0.1) is 0 Å². The number of aliphatic hydroxyl groups excluding tert-OH is 2. The summed E-state index contributed by atoms with van der Waals surface area (Å²) in [6.45, 7) is 8.24. The molecule has 1 aliphatic heterocycles. The van der Waals surface area contributed by atoms with Crippen molar-refractivity contribution in [2.75, 3.05) is 32.7 Å². The van der Waals surface area contributed by atoms with E-state index in [2.05, 4.69) is 53.0 Å². The standard InChI is InChI=1S/C6H14N2.2CH3NOS.Na.H/c1-2-8-5-3-7-4-6-8;2*2-1(3)4;;/h7H,2-6H2,1H3;2*(H3,2,3,4);;. The molecule has 0 bridgehead atoms. The zero-order chi connectivity index (χ0) is 13.0. The van der Waals surface area contributed by atoms with Crippen LogP contribution in [0.5, 0.6) is 0 Å². The van der Waals surface area contributed by atoms with Gasteiger partial charge in [0.05, 0.1) is 0 Å². The summed E-state index contributed by atoms with van der Waals surface area (Å²) in [7, 11) is 0.